The maximum absolute atomic E-state index is 13.0. The maximum Gasteiger partial charge on any atom is 0.248 e. The minimum atomic E-state index is -0.318. The summed E-state index contributed by atoms with van der Waals surface area (Å²) in [5.41, 5.74) is 2.62. The molecule has 1 amide bonds. The van der Waals surface area contributed by atoms with Gasteiger partial charge >= 0.3 is 0 Å². The maximum atomic E-state index is 13.0. The van der Waals surface area contributed by atoms with Crippen molar-refractivity contribution in [1.29, 1.82) is 0 Å². The highest BCUT2D eigenvalue weighted by molar-refractivity contribution is 6.01. The standard InChI is InChI=1S/C18H18FNO/c1-13(2)15-7-9-17(10-8-15)20-18(21)11-6-14-4-3-5-16(19)12-14/h3-13H,1-2H3,(H,20,21)/b11-6+. The fraction of sp³-hybridized carbons (Fsp3) is 0.167. The van der Waals surface area contributed by atoms with Crippen molar-refractivity contribution >= 4 is 17.7 Å². The van der Waals surface area contributed by atoms with Crippen LogP contribution in [0.2, 0.25) is 0 Å². The number of hydrogen-bond acceptors (Lipinski definition) is 1. The monoisotopic (exact) mass is 283 g/mol. The van der Waals surface area contributed by atoms with E-state index in [-0.39, 0.29) is 11.7 Å². The molecule has 2 aromatic rings. The van der Waals surface area contributed by atoms with Crippen LogP contribution in [0.3, 0.4) is 0 Å². The highest BCUT2D eigenvalue weighted by Crippen LogP contribution is 2.17. The van der Waals surface area contributed by atoms with Gasteiger partial charge in [-0.25, -0.2) is 4.39 Å². The third-order valence-electron chi connectivity index (χ3n) is 3.12. The molecule has 0 aliphatic heterocycles. The van der Waals surface area contributed by atoms with Gasteiger partial charge in [0.25, 0.3) is 0 Å². The molecule has 0 unspecified atom stereocenters. The van der Waals surface area contributed by atoms with Crippen LogP contribution >= 0.6 is 0 Å². The quantitative estimate of drug-likeness (QED) is 0.816. The Labute approximate surface area is 124 Å². The largest absolute Gasteiger partial charge is 0.323 e. The first kappa shape index (κ1) is 15.0. The summed E-state index contributed by atoms with van der Waals surface area (Å²) in [7, 11) is 0. The molecule has 0 radical (unpaired) electrons. The van der Waals surface area contributed by atoms with Crippen LogP contribution in [0.25, 0.3) is 6.08 Å². The predicted molar refractivity (Wildman–Crippen MR) is 84.6 cm³/mol. The number of hydrogen-bond donors (Lipinski definition) is 1. The van der Waals surface area contributed by atoms with Crippen LogP contribution in [0.1, 0.15) is 30.9 Å². The summed E-state index contributed by atoms with van der Waals surface area (Å²) in [6.45, 7) is 4.24. The second kappa shape index (κ2) is 6.84. The minimum absolute atomic E-state index is 0.239. The minimum Gasteiger partial charge on any atom is -0.323 e. The molecule has 3 heteroatoms. The molecule has 0 fully saturated rings. The van der Waals surface area contributed by atoms with Gasteiger partial charge in [0.05, 0.1) is 0 Å². The zero-order valence-electron chi connectivity index (χ0n) is 12.1. The predicted octanol–water partition coefficient (Wildman–Crippen LogP) is 4.60. The molecule has 0 saturated heterocycles. The van der Waals surface area contributed by atoms with Gasteiger partial charge in [0, 0.05) is 11.8 Å². The van der Waals surface area contributed by atoms with Crippen LogP contribution in [-0.4, -0.2) is 5.91 Å². The van der Waals surface area contributed by atoms with Gasteiger partial charge in [0.1, 0.15) is 5.82 Å². The Morgan fingerprint density at radius 2 is 1.86 bits per heavy atom. The van der Waals surface area contributed by atoms with E-state index in [9.17, 15) is 9.18 Å². The van der Waals surface area contributed by atoms with Crippen LogP contribution in [0, 0.1) is 5.82 Å². The van der Waals surface area contributed by atoms with E-state index in [1.54, 1.807) is 18.2 Å². The normalized spacial score (nSPS) is 11.0. The topological polar surface area (TPSA) is 29.1 Å². The lowest BCUT2D eigenvalue weighted by Crippen LogP contribution is -2.07. The van der Waals surface area contributed by atoms with Crippen molar-refractivity contribution < 1.29 is 9.18 Å². The molecule has 0 aliphatic carbocycles. The van der Waals surface area contributed by atoms with E-state index in [0.29, 0.717) is 11.5 Å². The molecule has 2 nitrogen and oxygen atoms in total. The molecule has 1 N–H and O–H groups in total. The van der Waals surface area contributed by atoms with Crippen molar-refractivity contribution in [1.82, 2.24) is 0 Å². The third-order valence-corrected chi connectivity index (χ3v) is 3.12. The molecule has 0 heterocycles. The number of halogens is 1. The van der Waals surface area contributed by atoms with Gasteiger partial charge in [-0.3, -0.25) is 4.79 Å². The van der Waals surface area contributed by atoms with Crippen molar-refractivity contribution in [3.63, 3.8) is 0 Å². The Kier molecular flexibility index (Phi) is 4.88. The number of benzene rings is 2. The van der Waals surface area contributed by atoms with Crippen LogP contribution < -0.4 is 5.32 Å². The molecule has 2 rings (SSSR count). The van der Waals surface area contributed by atoms with Crippen LogP contribution in [-0.2, 0) is 4.79 Å². The van der Waals surface area contributed by atoms with E-state index >= 15 is 0 Å². The first-order valence-corrected chi connectivity index (χ1v) is 6.89. The highest BCUT2D eigenvalue weighted by atomic mass is 19.1. The van der Waals surface area contributed by atoms with Gasteiger partial charge < -0.3 is 5.32 Å². The lowest BCUT2D eigenvalue weighted by molar-refractivity contribution is -0.111. The zero-order chi connectivity index (χ0) is 15.2. The van der Waals surface area contributed by atoms with Crippen molar-refractivity contribution in [3.05, 3.63) is 71.6 Å². The molecule has 108 valence electrons. The molecule has 0 aliphatic rings. The van der Waals surface area contributed by atoms with E-state index in [4.69, 9.17) is 0 Å². The first-order valence-electron chi connectivity index (χ1n) is 6.89. The van der Waals surface area contributed by atoms with Crippen molar-refractivity contribution in [2.45, 2.75) is 19.8 Å². The smallest absolute Gasteiger partial charge is 0.248 e. The Hall–Kier alpha value is -2.42. The average molecular weight is 283 g/mol. The molecule has 0 aromatic heterocycles. The zero-order valence-corrected chi connectivity index (χ0v) is 12.1. The lowest BCUT2D eigenvalue weighted by Gasteiger charge is -2.07. The second-order valence-electron chi connectivity index (χ2n) is 5.15. The molecule has 2 aromatic carbocycles. The number of carbonyl (C=O) groups excluding carboxylic acids is 1. The van der Waals surface area contributed by atoms with Crippen LogP contribution in [0.5, 0.6) is 0 Å². The van der Waals surface area contributed by atoms with E-state index in [1.165, 1.54) is 23.8 Å². The van der Waals surface area contributed by atoms with Gasteiger partial charge in [-0.1, -0.05) is 38.1 Å². The summed E-state index contributed by atoms with van der Waals surface area (Å²) >= 11 is 0. The van der Waals surface area contributed by atoms with Gasteiger partial charge in [-0.2, -0.15) is 0 Å². The summed E-state index contributed by atoms with van der Waals surface area (Å²) in [5, 5.41) is 2.77. The van der Waals surface area contributed by atoms with Crippen LogP contribution in [0.15, 0.2) is 54.6 Å². The Bertz CT molecular complexity index is 645. The first-order chi connectivity index (χ1) is 10.0. The second-order valence-corrected chi connectivity index (χ2v) is 5.15. The fourth-order valence-electron chi connectivity index (χ4n) is 1.92. The Balaban J connectivity index is 1.98. The molecular formula is C18H18FNO. The molecule has 21 heavy (non-hydrogen) atoms. The van der Waals surface area contributed by atoms with E-state index in [2.05, 4.69) is 19.2 Å². The lowest BCUT2D eigenvalue weighted by atomic mass is 10.0. The van der Waals surface area contributed by atoms with Gasteiger partial charge in [0.15, 0.2) is 0 Å². The number of carbonyl (C=O) groups is 1. The number of nitrogens with one attached hydrogen (secondary N) is 1. The fourth-order valence-corrected chi connectivity index (χ4v) is 1.92. The van der Waals surface area contributed by atoms with E-state index in [1.807, 2.05) is 24.3 Å². The number of amides is 1. The summed E-state index contributed by atoms with van der Waals surface area (Å²) in [5.74, 6) is -0.0963. The molecule has 0 bridgehead atoms. The molecule has 0 saturated carbocycles. The van der Waals surface area contributed by atoms with Gasteiger partial charge in [-0.15, -0.1) is 0 Å². The van der Waals surface area contributed by atoms with Crippen molar-refractivity contribution in [3.8, 4) is 0 Å². The van der Waals surface area contributed by atoms with E-state index in [0.717, 1.165) is 5.69 Å². The Morgan fingerprint density at radius 3 is 2.48 bits per heavy atom. The molecule has 0 spiro atoms. The summed E-state index contributed by atoms with van der Waals surface area (Å²) < 4.78 is 13.0. The number of anilines is 1. The Morgan fingerprint density at radius 1 is 1.14 bits per heavy atom. The van der Waals surface area contributed by atoms with Gasteiger partial charge in [-0.05, 0) is 47.4 Å². The highest BCUT2D eigenvalue weighted by Gasteiger charge is 2.01. The van der Waals surface area contributed by atoms with Crippen molar-refractivity contribution in [2.75, 3.05) is 5.32 Å². The van der Waals surface area contributed by atoms with Crippen molar-refractivity contribution in [2.24, 2.45) is 0 Å². The molecular weight excluding hydrogens is 265 g/mol. The summed E-state index contributed by atoms with van der Waals surface area (Å²) in [6, 6.07) is 13.8. The summed E-state index contributed by atoms with van der Waals surface area (Å²) in [6.07, 6.45) is 2.98. The van der Waals surface area contributed by atoms with Crippen LogP contribution in [0.4, 0.5) is 10.1 Å². The number of rotatable bonds is 4. The SMILES string of the molecule is CC(C)c1ccc(NC(=O)/C=C/c2cccc(F)c2)cc1. The average Bonchev–Trinajstić information content (AvgIpc) is 2.46. The molecule has 0 atom stereocenters. The van der Waals surface area contributed by atoms with Gasteiger partial charge in [0.2, 0.25) is 5.91 Å². The third kappa shape index (κ3) is 4.56. The van der Waals surface area contributed by atoms with E-state index < -0.39 is 0 Å². The summed E-state index contributed by atoms with van der Waals surface area (Å²) in [4.78, 5) is 11.8.